The number of fused-ring (bicyclic) bond motifs is 3. The second-order valence-electron chi connectivity index (χ2n) is 15.5. The zero-order chi connectivity index (χ0) is 38.8. The Morgan fingerprint density at radius 3 is 2.06 bits per heavy atom. The summed E-state index contributed by atoms with van der Waals surface area (Å²) in [6.07, 6.45) is 15.5. The van der Waals surface area contributed by atoms with Crippen LogP contribution in [0.3, 0.4) is 0 Å². The lowest BCUT2D eigenvalue weighted by atomic mass is 9.80. The molecule has 6 nitrogen and oxygen atoms in total. The number of rotatable bonds is 13. The fourth-order valence-corrected chi connectivity index (χ4v) is 8.68. The molecule has 0 amide bonds. The molecule has 282 valence electrons. The molecule has 6 rings (SSSR count). The highest BCUT2D eigenvalue weighted by Gasteiger charge is 2.45. The number of methoxy groups -OCH3 is 2. The van der Waals surface area contributed by atoms with Gasteiger partial charge in [-0.05, 0) is 85.9 Å². The third kappa shape index (κ3) is 7.01. The lowest BCUT2D eigenvalue weighted by Crippen LogP contribution is -2.28. The van der Waals surface area contributed by atoms with E-state index >= 15 is 0 Å². The summed E-state index contributed by atoms with van der Waals surface area (Å²) in [6.45, 7) is 15.1. The van der Waals surface area contributed by atoms with E-state index in [1.807, 2.05) is 24.3 Å². The SMILES string of the molecule is CCCCCN1/C(=C/C=C2C(Cl)=C(/C=C/C3=[N+](CCCCC)c4ccc(C(=O)OC)cc4C3(C)C)c3ccccc3/2)C(C)(C)c2cc(C(=O)OC)ccc21. The summed E-state index contributed by atoms with van der Waals surface area (Å²) in [5.41, 5.74) is 11.4. The maximum absolute atomic E-state index is 12.5. The number of carbonyl (C=O) groups excluding carboxylic acids is 2. The molecule has 0 bridgehead atoms. The summed E-state index contributed by atoms with van der Waals surface area (Å²) >= 11 is 7.41. The zero-order valence-electron chi connectivity index (χ0n) is 33.1. The first-order chi connectivity index (χ1) is 25.9. The van der Waals surface area contributed by atoms with Gasteiger partial charge in [-0.3, -0.25) is 0 Å². The Kier molecular flexibility index (Phi) is 11.5. The molecule has 3 aromatic rings. The number of hydrogen-bond acceptors (Lipinski definition) is 5. The molecule has 0 saturated heterocycles. The van der Waals surface area contributed by atoms with Crippen LogP contribution in [0.1, 0.15) is 123 Å². The van der Waals surface area contributed by atoms with Crippen molar-refractivity contribution in [2.45, 2.75) is 90.9 Å². The van der Waals surface area contributed by atoms with E-state index in [4.69, 9.17) is 21.1 Å². The van der Waals surface area contributed by atoms with Gasteiger partial charge in [0.2, 0.25) is 5.69 Å². The quantitative estimate of drug-likeness (QED) is 0.0990. The van der Waals surface area contributed by atoms with Gasteiger partial charge in [0.1, 0.15) is 6.54 Å². The third-order valence-corrected chi connectivity index (χ3v) is 11.8. The molecule has 0 aromatic heterocycles. The number of halogens is 1. The molecular weight excluding hydrogens is 692 g/mol. The molecule has 2 heterocycles. The van der Waals surface area contributed by atoms with E-state index < -0.39 is 0 Å². The highest BCUT2D eigenvalue weighted by molar-refractivity contribution is 6.42. The first-order valence-electron chi connectivity index (χ1n) is 19.4. The number of ether oxygens (including phenoxy) is 2. The lowest BCUT2D eigenvalue weighted by Gasteiger charge is -2.27. The van der Waals surface area contributed by atoms with Crippen LogP contribution in [0.2, 0.25) is 0 Å². The van der Waals surface area contributed by atoms with Crippen LogP contribution in [0, 0.1) is 0 Å². The van der Waals surface area contributed by atoms with Crippen molar-refractivity contribution in [3.05, 3.63) is 129 Å². The maximum atomic E-state index is 12.5. The summed E-state index contributed by atoms with van der Waals surface area (Å²) in [4.78, 5) is 27.5. The Balaban J connectivity index is 1.42. The van der Waals surface area contributed by atoms with Crippen molar-refractivity contribution in [1.82, 2.24) is 0 Å². The lowest BCUT2D eigenvalue weighted by molar-refractivity contribution is -0.438. The van der Waals surface area contributed by atoms with Crippen molar-refractivity contribution >= 4 is 51.8 Å². The standard InChI is InChI=1S/C47H54ClN2O4/c1-9-11-15-27-49-39-23-19-31(44(51)53-7)29-37(39)46(3,4)41(49)25-21-35-33-17-13-14-18-34(33)36(43(35)48)22-26-42-47(5,6)38-30-32(45(52)54-8)20-24-40(38)50(42)28-16-12-10-2/h13-14,17-26,29-30H,9-12,15-16,27-28H2,1-8H3/q+1. The van der Waals surface area contributed by atoms with Gasteiger partial charge in [-0.1, -0.05) is 88.9 Å². The summed E-state index contributed by atoms with van der Waals surface area (Å²) in [6, 6.07) is 20.3. The van der Waals surface area contributed by atoms with E-state index in [1.165, 1.54) is 25.6 Å². The molecule has 7 heteroatoms. The predicted molar refractivity (Wildman–Crippen MR) is 222 cm³/mol. The molecule has 0 fully saturated rings. The van der Waals surface area contributed by atoms with Crippen LogP contribution in [0.5, 0.6) is 0 Å². The predicted octanol–water partition coefficient (Wildman–Crippen LogP) is 11.3. The Morgan fingerprint density at radius 2 is 1.39 bits per heavy atom. The molecule has 0 spiro atoms. The van der Waals surface area contributed by atoms with Crippen LogP contribution in [0.4, 0.5) is 11.4 Å². The monoisotopic (exact) mass is 745 g/mol. The van der Waals surface area contributed by atoms with Crippen molar-refractivity contribution in [2.75, 3.05) is 32.2 Å². The van der Waals surface area contributed by atoms with E-state index in [0.29, 0.717) is 16.2 Å². The molecular formula is C47H54ClN2O4+. The second kappa shape index (κ2) is 16.0. The number of allylic oxidation sites excluding steroid dienone is 8. The Labute approximate surface area is 326 Å². The van der Waals surface area contributed by atoms with E-state index in [0.717, 1.165) is 96.4 Å². The summed E-state index contributed by atoms with van der Waals surface area (Å²) in [5.74, 6) is -0.660. The molecule has 0 saturated carbocycles. The minimum absolute atomic E-state index is 0.330. The average Bonchev–Trinajstić information content (AvgIpc) is 3.65. The van der Waals surface area contributed by atoms with Crippen LogP contribution in [0.25, 0.3) is 11.1 Å². The molecule has 0 unspecified atom stereocenters. The number of benzene rings is 3. The van der Waals surface area contributed by atoms with Gasteiger partial charge in [0.25, 0.3) is 0 Å². The summed E-state index contributed by atoms with van der Waals surface area (Å²) < 4.78 is 12.6. The van der Waals surface area contributed by atoms with E-state index in [9.17, 15) is 9.59 Å². The van der Waals surface area contributed by atoms with Crippen LogP contribution < -0.4 is 4.90 Å². The minimum atomic E-state index is -0.353. The minimum Gasteiger partial charge on any atom is -0.465 e. The first kappa shape index (κ1) is 39.0. The fraction of sp³-hybridized carbons (Fsp3) is 0.383. The smallest absolute Gasteiger partial charge is 0.337 e. The summed E-state index contributed by atoms with van der Waals surface area (Å²) in [7, 11) is 2.85. The summed E-state index contributed by atoms with van der Waals surface area (Å²) in [5, 5.41) is 0.711. The number of hydrogen-bond donors (Lipinski definition) is 0. The van der Waals surface area contributed by atoms with Crippen LogP contribution in [0.15, 0.2) is 95.7 Å². The van der Waals surface area contributed by atoms with Crippen LogP contribution >= 0.6 is 11.6 Å². The number of anilines is 1. The molecule has 0 N–H and O–H groups in total. The second-order valence-corrected chi connectivity index (χ2v) is 15.9. The molecule has 54 heavy (non-hydrogen) atoms. The Morgan fingerprint density at radius 1 is 0.759 bits per heavy atom. The highest BCUT2D eigenvalue weighted by Crippen LogP contribution is 2.50. The maximum Gasteiger partial charge on any atom is 0.337 e. The highest BCUT2D eigenvalue weighted by atomic mass is 35.5. The normalized spacial score (nSPS) is 18.2. The first-order valence-corrected chi connectivity index (χ1v) is 19.8. The van der Waals surface area contributed by atoms with Crippen molar-refractivity contribution in [2.24, 2.45) is 0 Å². The third-order valence-electron chi connectivity index (χ3n) is 11.4. The molecule has 3 aromatic carbocycles. The van der Waals surface area contributed by atoms with Crippen molar-refractivity contribution in [3.63, 3.8) is 0 Å². The number of nitrogens with zero attached hydrogens (tertiary/aromatic N) is 2. The van der Waals surface area contributed by atoms with Gasteiger partial charge in [0.05, 0.1) is 35.8 Å². The largest absolute Gasteiger partial charge is 0.465 e. The fourth-order valence-electron chi connectivity index (χ4n) is 8.35. The molecule has 2 aliphatic heterocycles. The van der Waals surface area contributed by atoms with Gasteiger partial charge in [-0.2, -0.15) is 4.58 Å². The van der Waals surface area contributed by atoms with Crippen LogP contribution in [-0.2, 0) is 20.3 Å². The van der Waals surface area contributed by atoms with Gasteiger partial charge < -0.3 is 14.4 Å². The van der Waals surface area contributed by atoms with Crippen molar-refractivity contribution < 1.29 is 23.6 Å². The van der Waals surface area contributed by atoms with Gasteiger partial charge in [-0.25, -0.2) is 9.59 Å². The van der Waals surface area contributed by atoms with Gasteiger partial charge >= 0.3 is 11.9 Å². The van der Waals surface area contributed by atoms with Crippen molar-refractivity contribution in [3.8, 4) is 0 Å². The van der Waals surface area contributed by atoms with E-state index in [1.54, 1.807) is 0 Å². The van der Waals surface area contributed by atoms with E-state index in [-0.39, 0.29) is 22.8 Å². The number of esters is 2. The zero-order valence-corrected chi connectivity index (χ0v) is 33.9. The molecule has 1 aliphatic carbocycles. The van der Waals surface area contributed by atoms with Gasteiger partial charge in [-0.15, -0.1) is 0 Å². The average molecular weight is 746 g/mol. The number of carbonyl (C=O) groups is 2. The molecule has 0 atom stereocenters. The topological polar surface area (TPSA) is 58.8 Å². The van der Waals surface area contributed by atoms with Gasteiger partial charge in [0.15, 0.2) is 5.71 Å². The Bertz CT molecular complexity index is 2130. The van der Waals surface area contributed by atoms with Gasteiger partial charge in [0, 0.05) is 58.6 Å². The van der Waals surface area contributed by atoms with Crippen LogP contribution in [-0.4, -0.2) is 49.5 Å². The van der Waals surface area contributed by atoms with Crippen molar-refractivity contribution in [1.29, 1.82) is 0 Å². The number of unbranched alkanes of at least 4 members (excludes halogenated alkanes) is 4. The van der Waals surface area contributed by atoms with E-state index in [2.05, 4.69) is 112 Å². The Hall–Kier alpha value is -4.68. The molecule has 3 aliphatic rings. The molecule has 0 radical (unpaired) electrons.